The summed E-state index contributed by atoms with van der Waals surface area (Å²) in [5, 5.41) is 0. The minimum absolute atomic E-state index is 0.0242. The van der Waals surface area contributed by atoms with Crippen LogP contribution in [0, 0.1) is 35.5 Å². The third-order valence-electron chi connectivity index (χ3n) is 10.7. The van der Waals surface area contributed by atoms with Crippen molar-refractivity contribution in [2.75, 3.05) is 0 Å². The van der Waals surface area contributed by atoms with E-state index >= 15 is 0 Å². The molecule has 7 atom stereocenters. The lowest BCUT2D eigenvalue weighted by Gasteiger charge is -2.57. The van der Waals surface area contributed by atoms with E-state index in [1.165, 1.54) is 11.1 Å². The molecule has 1 aromatic heterocycles. The molecule has 1 aliphatic heterocycles. The minimum Gasteiger partial charge on any atom is -0.466 e. The van der Waals surface area contributed by atoms with Gasteiger partial charge in [0.25, 0.3) is 0 Å². The molecule has 5 aliphatic rings. The molecule has 1 spiro atoms. The van der Waals surface area contributed by atoms with Crippen LogP contribution >= 0.6 is 0 Å². The Hall–Kier alpha value is -2.10. The average Bonchev–Trinajstić information content (AvgIpc) is 3.47. The largest absolute Gasteiger partial charge is 0.466 e. The highest BCUT2D eigenvalue weighted by atomic mass is 16.6. The van der Waals surface area contributed by atoms with Crippen molar-refractivity contribution in [1.82, 2.24) is 0 Å². The number of fused-ring (bicyclic) bond motifs is 6. The summed E-state index contributed by atoms with van der Waals surface area (Å²) in [6.07, 6.45) is 12.8. The molecule has 0 radical (unpaired) electrons. The van der Waals surface area contributed by atoms with Crippen LogP contribution in [0.25, 0.3) is 0 Å². The molecular formula is C30H38O4. The molecule has 5 unspecified atom stereocenters. The van der Waals surface area contributed by atoms with Gasteiger partial charge in [0.05, 0.1) is 0 Å². The molecule has 4 heteroatoms. The molecule has 3 fully saturated rings. The zero-order valence-electron chi connectivity index (χ0n) is 21.1. The van der Waals surface area contributed by atoms with Crippen molar-refractivity contribution in [2.24, 2.45) is 28.6 Å². The first-order valence-electron chi connectivity index (χ1n) is 13.4. The van der Waals surface area contributed by atoms with Gasteiger partial charge in [0.15, 0.2) is 5.78 Å². The van der Waals surface area contributed by atoms with Gasteiger partial charge in [-0.2, -0.15) is 0 Å². The summed E-state index contributed by atoms with van der Waals surface area (Å²) >= 11 is 0. The monoisotopic (exact) mass is 462 g/mol. The lowest BCUT2D eigenvalue weighted by Crippen LogP contribution is -2.52. The average molecular weight is 463 g/mol. The normalized spacial score (nSPS) is 43.2. The molecule has 4 aliphatic carbocycles. The second kappa shape index (κ2) is 7.45. The Labute approximate surface area is 203 Å². The van der Waals surface area contributed by atoms with E-state index in [0.717, 1.165) is 62.9 Å². The number of ketones is 1. The van der Waals surface area contributed by atoms with Gasteiger partial charge in [-0.05, 0) is 81.9 Å². The summed E-state index contributed by atoms with van der Waals surface area (Å²) in [7, 11) is 0. The molecule has 4 nitrogen and oxygen atoms in total. The maximum atomic E-state index is 13.1. The predicted molar refractivity (Wildman–Crippen MR) is 130 cm³/mol. The topological polar surface area (TPSA) is 56.5 Å². The van der Waals surface area contributed by atoms with Gasteiger partial charge < -0.3 is 9.15 Å². The third kappa shape index (κ3) is 2.89. The van der Waals surface area contributed by atoms with Crippen molar-refractivity contribution in [3.8, 4) is 0 Å². The Kier molecular flexibility index (Phi) is 4.90. The van der Waals surface area contributed by atoms with Crippen LogP contribution in [0.5, 0.6) is 0 Å². The minimum atomic E-state index is -0.315. The van der Waals surface area contributed by atoms with Crippen molar-refractivity contribution >= 4 is 11.8 Å². The summed E-state index contributed by atoms with van der Waals surface area (Å²) in [6.45, 7) is 8.98. The quantitative estimate of drug-likeness (QED) is 0.365. The van der Waals surface area contributed by atoms with Gasteiger partial charge in [-0.25, -0.2) is 0 Å². The molecular weight excluding hydrogens is 424 g/mol. The second-order valence-electron chi connectivity index (χ2n) is 12.3. The Morgan fingerprint density at radius 3 is 2.65 bits per heavy atom. The predicted octanol–water partition coefficient (Wildman–Crippen LogP) is 6.84. The number of hydrogen-bond donors (Lipinski definition) is 0. The molecule has 2 heterocycles. The van der Waals surface area contributed by atoms with Crippen LogP contribution in [-0.2, 0) is 14.3 Å². The standard InChI is InChI=1S/C30H38O4/c1-5-6-19-17-28(3)20(16-24(19)31)15-21(25-8-7-18(2)33-25)27-22(28)9-12-29(4)23(27)10-13-30(29)14-11-26(32)34-30/h7-9,16,19,21,23,27H,5-6,10-15,17H2,1-4H3/t19?,21?,23?,27?,28?,29-,30+/m0/s1. The summed E-state index contributed by atoms with van der Waals surface area (Å²) in [4.78, 5) is 25.3. The first kappa shape index (κ1) is 22.4. The summed E-state index contributed by atoms with van der Waals surface area (Å²) in [6, 6.07) is 4.22. The van der Waals surface area contributed by atoms with Gasteiger partial charge in [-0.15, -0.1) is 0 Å². The second-order valence-corrected chi connectivity index (χ2v) is 12.3. The van der Waals surface area contributed by atoms with Crippen LogP contribution in [0.3, 0.4) is 0 Å². The number of carbonyl (C=O) groups excluding carboxylic acids is 2. The fraction of sp³-hybridized carbons (Fsp3) is 0.667. The Bertz CT molecular complexity index is 1110. The van der Waals surface area contributed by atoms with Crippen molar-refractivity contribution < 1.29 is 18.7 Å². The van der Waals surface area contributed by atoms with Crippen LogP contribution in [0.1, 0.15) is 96.0 Å². The lowest BCUT2D eigenvalue weighted by atomic mass is 9.47. The Morgan fingerprint density at radius 2 is 1.97 bits per heavy atom. The molecule has 1 saturated heterocycles. The molecule has 0 N–H and O–H groups in total. The maximum Gasteiger partial charge on any atom is 0.306 e. The Balaban J connectivity index is 1.48. The number of ether oxygens (including phenoxy) is 1. The van der Waals surface area contributed by atoms with Gasteiger partial charge in [-0.3, -0.25) is 9.59 Å². The van der Waals surface area contributed by atoms with Crippen LogP contribution in [0.2, 0.25) is 0 Å². The lowest BCUT2D eigenvalue weighted by molar-refractivity contribution is -0.160. The molecule has 2 saturated carbocycles. The van der Waals surface area contributed by atoms with E-state index in [9.17, 15) is 9.59 Å². The molecule has 0 bridgehead atoms. The van der Waals surface area contributed by atoms with Gasteiger partial charge in [0, 0.05) is 29.1 Å². The summed E-state index contributed by atoms with van der Waals surface area (Å²) in [5.41, 5.74) is 2.42. The zero-order valence-corrected chi connectivity index (χ0v) is 21.1. The number of furan rings is 1. The van der Waals surface area contributed by atoms with Crippen LogP contribution in [0.4, 0.5) is 0 Å². The molecule has 1 aromatic rings. The van der Waals surface area contributed by atoms with E-state index in [1.807, 2.05) is 13.0 Å². The van der Waals surface area contributed by atoms with Crippen molar-refractivity contribution in [3.63, 3.8) is 0 Å². The van der Waals surface area contributed by atoms with E-state index in [-0.39, 0.29) is 34.2 Å². The van der Waals surface area contributed by atoms with Crippen LogP contribution in [0.15, 0.2) is 39.8 Å². The van der Waals surface area contributed by atoms with E-state index in [1.54, 1.807) is 0 Å². The van der Waals surface area contributed by atoms with Crippen molar-refractivity contribution in [2.45, 2.75) is 97.0 Å². The SMILES string of the molecule is CCCC1CC2(C)C(=CC1=O)CC(c1ccc(C)o1)C1C2=CC[C@@]2(C)C1CC[C@@]21CCC(=O)O1. The zero-order chi connectivity index (χ0) is 23.9. The molecule has 34 heavy (non-hydrogen) atoms. The van der Waals surface area contributed by atoms with Gasteiger partial charge in [-0.1, -0.05) is 44.4 Å². The van der Waals surface area contributed by atoms with Gasteiger partial charge in [0.2, 0.25) is 0 Å². The molecule has 0 amide bonds. The highest BCUT2D eigenvalue weighted by Crippen LogP contribution is 2.70. The number of allylic oxidation sites excluding steroid dienone is 4. The molecule has 0 aromatic carbocycles. The van der Waals surface area contributed by atoms with Gasteiger partial charge >= 0.3 is 5.97 Å². The third-order valence-corrected chi connectivity index (χ3v) is 10.7. The number of carbonyl (C=O) groups is 2. The van der Waals surface area contributed by atoms with Crippen molar-refractivity contribution in [3.05, 3.63) is 47.0 Å². The van der Waals surface area contributed by atoms with E-state index in [2.05, 4.69) is 39.0 Å². The number of rotatable bonds is 3. The van der Waals surface area contributed by atoms with Crippen LogP contribution < -0.4 is 0 Å². The number of hydrogen-bond acceptors (Lipinski definition) is 4. The maximum absolute atomic E-state index is 13.1. The fourth-order valence-corrected chi connectivity index (χ4v) is 8.86. The fourth-order valence-electron chi connectivity index (χ4n) is 8.86. The first-order chi connectivity index (χ1) is 16.2. The number of esters is 1. The number of aryl methyl sites for hydroxylation is 1. The van der Waals surface area contributed by atoms with E-state index in [0.29, 0.717) is 24.0 Å². The van der Waals surface area contributed by atoms with E-state index < -0.39 is 0 Å². The molecule has 182 valence electrons. The Morgan fingerprint density at radius 1 is 1.15 bits per heavy atom. The van der Waals surface area contributed by atoms with Crippen molar-refractivity contribution in [1.29, 1.82) is 0 Å². The molecule has 6 rings (SSSR count). The highest BCUT2D eigenvalue weighted by molar-refractivity contribution is 5.94. The highest BCUT2D eigenvalue weighted by Gasteiger charge is 2.67. The first-order valence-corrected chi connectivity index (χ1v) is 13.4. The van der Waals surface area contributed by atoms with Gasteiger partial charge in [0.1, 0.15) is 17.1 Å². The summed E-state index contributed by atoms with van der Waals surface area (Å²) in [5.74, 6) is 3.46. The van der Waals surface area contributed by atoms with E-state index in [4.69, 9.17) is 9.15 Å². The summed E-state index contributed by atoms with van der Waals surface area (Å²) < 4.78 is 12.4. The van der Waals surface area contributed by atoms with Crippen LogP contribution in [-0.4, -0.2) is 17.4 Å². The smallest absolute Gasteiger partial charge is 0.306 e.